The molecule has 0 fully saturated rings. The second-order valence-corrected chi connectivity index (χ2v) is 6.48. The topological polar surface area (TPSA) is 24.4 Å². The van der Waals surface area contributed by atoms with Crippen molar-refractivity contribution >= 4 is 64.1 Å². The molecule has 2 nitrogen and oxygen atoms in total. The van der Waals surface area contributed by atoms with Gasteiger partial charge >= 0.3 is 0 Å². The van der Waals surface area contributed by atoms with Crippen molar-refractivity contribution in [3.8, 4) is 0 Å². The van der Waals surface area contributed by atoms with E-state index in [2.05, 4.69) is 17.4 Å². The lowest BCUT2D eigenvalue weighted by Crippen LogP contribution is -2.22. The molecule has 0 spiro atoms. The minimum absolute atomic E-state index is 0. The van der Waals surface area contributed by atoms with Gasteiger partial charge < -0.3 is 5.32 Å². The van der Waals surface area contributed by atoms with Crippen LogP contribution < -0.4 is 5.32 Å². The van der Waals surface area contributed by atoms with Crippen LogP contribution in [0.25, 0.3) is 0 Å². The van der Waals surface area contributed by atoms with E-state index in [-0.39, 0.29) is 36.1 Å². The van der Waals surface area contributed by atoms with Gasteiger partial charge in [-0.1, -0.05) is 59.2 Å². The zero-order valence-electron chi connectivity index (χ0n) is 11.8. The van der Waals surface area contributed by atoms with Crippen molar-refractivity contribution in [2.24, 2.45) is 4.99 Å². The summed E-state index contributed by atoms with van der Waals surface area (Å²) < 4.78 is 0. The van der Waals surface area contributed by atoms with Crippen LogP contribution in [0, 0.1) is 0 Å². The maximum Gasteiger partial charge on any atom is 0.157 e. The van der Waals surface area contributed by atoms with Gasteiger partial charge in [0.05, 0.1) is 6.04 Å². The molecule has 6 heteroatoms. The SMILES string of the molecule is CSC1=N[C@@H](c2cccc(Cl)c2)[C@@H](c2cccc(Cl)c2)N1.I. The standard InChI is InChI=1S/C16H14Cl2N2S.HI/c1-21-16-19-14(10-4-2-6-12(17)8-10)15(20-16)11-5-3-7-13(18)9-11;/h2-9,14-15H,1H3,(H,19,20);1H/t14-,15+;. The summed E-state index contributed by atoms with van der Waals surface area (Å²) in [6.45, 7) is 0. The van der Waals surface area contributed by atoms with Crippen LogP contribution in [0.5, 0.6) is 0 Å². The van der Waals surface area contributed by atoms with Crippen molar-refractivity contribution < 1.29 is 0 Å². The average Bonchev–Trinajstić information content (AvgIpc) is 2.91. The van der Waals surface area contributed by atoms with E-state index in [4.69, 9.17) is 28.2 Å². The minimum atomic E-state index is 0. The lowest BCUT2D eigenvalue weighted by Gasteiger charge is -2.20. The van der Waals surface area contributed by atoms with Crippen LogP contribution in [0.15, 0.2) is 53.5 Å². The largest absolute Gasteiger partial charge is 0.356 e. The fourth-order valence-corrected chi connectivity index (χ4v) is 3.35. The molecular formula is C16H15Cl2IN2S. The van der Waals surface area contributed by atoms with Gasteiger partial charge in [-0.3, -0.25) is 4.99 Å². The van der Waals surface area contributed by atoms with Crippen LogP contribution >= 0.6 is 58.9 Å². The lowest BCUT2D eigenvalue weighted by atomic mass is 9.95. The van der Waals surface area contributed by atoms with Crippen LogP contribution in [-0.4, -0.2) is 11.4 Å². The van der Waals surface area contributed by atoms with E-state index in [1.165, 1.54) is 0 Å². The van der Waals surface area contributed by atoms with Gasteiger partial charge in [-0.05, 0) is 41.6 Å². The third-order valence-electron chi connectivity index (χ3n) is 3.44. The van der Waals surface area contributed by atoms with Crippen LogP contribution in [0.2, 0.25) is 10.0 Å². The van der Waals surface area contributed by atoms with E-state index < -0.39 is 0 Å². The molecule has 2 atom stereocenters. The third kappa shape index (κ3) is 3.91. The highest BCUT2D eigenvalue weighted by atomic mass is 127. The second-order valence-electron chi connectivity index (χ2n) is 4.82. The molecule has 0 saturated heterocycles. The number of nitrogens with zero attached hydrogens (tertiary/aromatic N) is 1. The molecule has 1 aliphatic rings. The van der Waals surface area contributed by atoms with Gasteiger partial charge in [0.15, 0.2) is 5.17 Å². The Kier molecular flexibility index (Phi) is 6.44. The quantitative estimate of drug-likeness (QED) is 0.575. The molecule has 0 amide bonds. The number of benzene rings is 2. The zero-order valence-corrected chi connectivity index (χ0v) is 16.5. The molecule has 116 valence electrons. The second kappa shape index (κ2) is 7.90. The molecule has 2 aromatic carbocycles. The summed E-state index contributed by atoms with van der Waals surface area (Å²) in [4.78, 5) is 4.77. The van der Waals surface area contributed by atoms with Crippen LogP contribution in [-0.2, 0) is 0 Å². The van der Waals surface area contributed by atoms with Crippen molar-refractivity contribution in [2.75, 3.05) is 6.26 Å². The number of hydrogen-bond acceptors (Lipinski definition) is 3. The zero-order chi connectivity index (χ0) is 14.8. The van der Waals surface area contributed by atoms with Gasteiger partial charge in [0.1, 0.15) is 6.04 Å². The van der Waals surface area contributed by atoms with E-state index in [0.29, 0.717) is 0 Å². The van der Waals surface area contributed by atoms with E-state index in [1.54, 1.807) is 11.8 Å². The van der Waals surface area contributed by atoms with Crippen molar-refractivity contribution in [2.45, 2.75) is 12.1 Å². The Morgan fingerprint density at radius 2 is 1.59 bits per heavy atom. The van der Waals surface area contributed by atoms with Crippen molar-refractivity contribution in [3.05, 3.63) is 69.7 Å². The number of nitrogens with one attached hydrogen (secondary N) is 1. The van der Waals surface area contributed by atoms with Crippen LogP contribution in [0.1, 0.15) is 23.2 Å². The fourth-order valence-electron chi connectivity index (χ4n) is 2.48. The molecule has 0 unspecified atom stereocenters. The van der Waals surface area contributed by atoms with Gasteiger partial charge in [-0.25, -0.2) is 0 Å². The first-order valence-electron chi connectivity index (χ1n) is 6.56. The molecule has 0 aromatic heterocycles. The van der Waals surface area contributed by atoms with Gasteiger partial charge in [0.2, 0.25) is 0 Å². The van der Waals surface area contributed by atoms with Crippen molar-refractivity contribution in [3.63, 3.8) is 0 Å². The molecule has 2 aromatic rings. The maximum absolute atomic E-state index is 6.12. The van der Waals surface area contributed by atoms with Gasteiger partial charge in [-0.15, -0.1) is 24.0 Å². The average molecular weight is 465 g/mol. The van der Waals surface area contributed by atoms with Crippen molar-refractivity contribution in [1.29, 1.82) is 0 Å². The molecule has 1 N–H and O–H groups in total. The minimum Gasteiger partial charge on any atom is -0.356 e. The lowest BCUT2D eigenvalue weighted by molar-refractivity contribution is 0.573. The van der Waals surface area contributed by atoms with Crippen LogP contribution in [0.3, 0.4) is 0 Å². The molecule has 3 rings (SSSR count). The van der Waals surface area contributed by atoms with Crippen LogP contribution in [0.4, 0.5) is 0 Å². The molecule has 22 heavy (non-hydrogen) atoms. The number of rotatable bonds is 2. The van der Waals surface area contributed by atoms with E-state index in [0.717, 1.165) is 26.3 Å². The summed E-state index contributed by atoms with van der Waals surface area (Å²) in [6, 6.07) is 15.8. The summed E-state index contributed by atoms with van der Waals surface area (Å²) in [5.74, 6) is 0. The van der Waals surface area contributed by atoms with E-state index >= 15 is 0 Å². The smallest absolute Gasteiger partial charge is 0.157 e. The number of amidine groups is 1. The summed E-state index contributed by atoms with van der Waals surface area (Å²) in [6.07, 6.45) is 2.02. The van der Waals surface area contributed by atoms with Gasteiger partial charge in [-0.2, -0.15) is 0 Å². The Morgan fingerprint density at radius 3 is 2.18 bits per heavy atom. The van der Waals surface area contributed by atoms with E-state index in [9.17, 15) is 0 Å². The molecule has 0 aliphatic carbocycles. The molecular weight excluding hydrogens is 450 g/mol. The Balaban J connectivity index is 0.00000176. The number of aliphatic imine (C=N–C) groups is 1. The molecule has 0 bridgehead atoms. The maximum atomic E-state index is 6.12. The monoisotopic (exact) mass is 464 g/mol. The highest BCUT2D eigenvalue weighted by molar-refractivity contribution is 14.0. The molecule has 1 heterocycles. The Hall–Kier alpha value is -0.430. The number of thioether (sulfide) groups is 1. The Morgan fingerprint density at radius 1 is 1.00 bits per heavy atom. The predicted molar refractivity (Wildman–Crippen MR) is 108 cm³/mol. The molecule has 0 saturated carbocycles. The van der Waals surface area contributed by atoms with Gasteiger partial charge in [0, 0.05) is 10.0 Å². The molecule has 0 radical (unpaired) electrons. The summed E-state index contributed by atoms with van der Waals surface area (Å²) >= 11 is 13.8. The fraction of sp³-hybridized carbons (Fsp3) is 0.188. The number of hydrogen-bond donors (Lipinski definition) is 1. The van der Waals surface area contributed by atoms with Crippen molar-refractivity contribution in [1.82, 2.24) is 5.32 Å². The summed E-state index contributed by atoms with van der Waals surface area (Å²) in [5, 5.41) is 5.86. The van der Waals surface area contributed by atoms with E-state index in [1.807, 2.05) is 42.7 Å². The first-order chi connectivity index (χ1) is 10.2. The Bertz CT molecular complexity index is 693. The third-order valence-corrected chi connectivity index (χ3v) is 4.52. The summed E-state index contributed by atoms with van der Waals surface area (Å²) in [5.41, 5.74) is 2.23. The normalized spacial score (nSPS) is 20.0. The highest BCUT2D eigenvalue weighted by Gasteiger charge is 2.31. The Labute approximate surface area is 161 Å². The predicted octanol–water partition coefficient (Wildman–Crippen LogP) is 5.72. The highest BCUT2D eigenvalue weighted by Crippen LogP contribution is 2.38. The first-order valence-corrected chi connectivity index (χ1v) is 8.54. The summed E-state index contributed by atoms with van der Waals surface area (Å²) in [7, 11) is 0. The van der Waals surface area contributed by atoms with Gasteiger partial charge in [0.25, 0.3) is 0 Å². The first kappa shape index (κ1) is 17.9. The molecule has 1 aliphatic heterocycles. The number of halogens is 3.